The SMILES string of the molecule is N#C[C@@H](CCC(=O)O)c1ccccc1Cl. The molecule has 0 radical (unpaired) electrons. The summed E-state index contributed by atoms with van der Waals surface area (Å²) >= 11 is 5.91. The summed E-state index contributed by atoms with van der Waals surface area (Å²) in [6.45, 7) is 0. The lowest BCUT2D eigenvalue weighted by Crippen LogP contribution is -2.01. The molecule has 0 fully saturated rings. The van der Waals surface area contributed by atoms with Crippen molar-refractivity contribution in [3.63, 3.8) is 0 Å². The van der Waals surface area contributed by atoms with Crippen LogP contribution in [0.25, 0.3) is 0 Å². The lowest BCUT2D eigenvalue weighted by atomic mass is 9.96. The van der Waals surface area contributed by atoms with E-state index >= 15 is 0 Å². The number of carboxylic acids is 1. The van der Waals surface area contributed by atoms with Crippen molar-refractivity contribution in [1.82, 2.24) is 0 Å². The molecule has 1 atom stereocenters. The summed E-state index contributed by atoms with van der Waals surface area (Å²) in [4.78, 5) is 10.4. The normalized spacial score (nSPS) is 11.7. The third kappa shape index (κ3) is 3.26. The van der Waals surface area contributed by atoms with Gasteiger partial charge < -0.3 is 5.11 Å². The van der Waals surface area contributed by atoms with Gasteiger partial charge in [0.05, 0.1) is 12.0 Å². The molecule has 3 nitrogen and oxygen atoms in total. The van der Waals surface area contributed by atoms with Gasteiger partial charge in [-0.2, -0.15) is 5.26 Å². The quantitative estimate of drug-likeness (QED) is 0.854. The van der Waals surface area contributed by atoms with Crippen LogP contribution in [0.1, 0.15) is 24.3 Å². The van der Waals surface area contributed by atoms with Crippen molar-refractivity contribution in [1.29, 1.82) is 5.26 Å². The highest BCUT2D eigenvalue weighted by Crippen LogP contribution is 2.27. The number of aliphatic carboxylic acids is 1. The maximum absolute atomic E-state index is 10.4. The van der Waals surface area contributed by atoms with Crippen molar-refractivity contribution in [2.24, 2.45) is 0 Å². The smallest absolute Gasteiger partial charge is 0.303 e. The summed E-state index contributed by atoms with van der Waals surface area (Å²) < 4.78 is 0. The second kappa shape index (κ2) is 5.38. The third-order valence-corrected chi connectivity index (χ3v) is 2.43. The number of benzene rings is 1. The van der Waals surface area contributed by atoms with Gasteiger partial charge in [-0.1, -0.05) is 29.8 Å². The van der Waals surface area contributed by atoms with Crippen LogP contribution < -0.4 is 0 Å². The molecule has 0 heterocycles. The summed E-state index contributed by atoms with van der Waals surface area (Å²) in [5.41, 5.74) is 0.697. The van der Waals surface area contributed by atoms with Gasteiger partial charge in [-0.05, 0) is 18.1 Å². The number of rotatable bonds is 4. The molecule has 1 rings (SSSR count). The van der Waals surface area contributed by atoms with Crippen LogP contribution in [0.3, 0.4) is 0 Å². The molecule has 4 heteroatoms. The lowest BCUT2D eigenvalue weighted by Gasteiger charge is -2.09. The Balaban J connectivity index is 2.80. The minimum absolute atomic E-state index is 0.0244. The molecule has 78 valence electrons. The molecule has 0 unspecified atom stereocenters. The summed E-state index contributed by atoms with van der Waals surface area (Å²) in [7, 11) is 0. The minimum Gasteiger partial charge on any atom is -0.481 e. The average Bonchev–Trinajstić information content (AvgIpc) is 2.21. The third-order valence-electron chi connectivity index (χ3n) is 2.08. The van der Waals surface area contributed by atoms with Crippen molar-refractivity contribution in [3.05, 3.63) is 34.9 Å². The largest absolute Gasteiger partial charge is 0.481 e. The average molecular weight is 224 g/mol. The monoisotopic (exact) mass is 223 g/mol. The Hall–Kier alpha value is -1.53. The topological polar surface area (TPSA) is 61.1 Å². The van der Waals surface area contributed by atoms with E-state index in [0.717, 1.165) is 0 Å². The van der Waals surface area contributed by atoms with Crippen LogP contribution in [0.15, 0.2) is 24.3 Å². The Labute approximate surface area is 92.9 Å². The Morgan fingerprint density at radius 3 is 2.73 bits per heavy atom. The fourth-order valence-electron chi connectivity index (χ4n) is 1.32. The van der Waals surface area contributed by atoms with E-state index in [2.05, 4.69) is 6.07 Å². The number of carbonyl (C=O) groups is 1. The van der Waals surface area contributed by atoms with Gasteiger partial charge in [-0.3, -0.25) is 4.79 Å². The van der Waals surface area contributed by atoms with E-state index in [-0.39, 0.29) is 12.8 Å². The molecular weight excluding hydrogens is 214 g/mol. The lowest BCUT2D eigenvalue weighted by molar-refractivity contribution is -0.137. The van der Waals surface area contributed by atoms with Crippen molar-refractivity contribution in [2.75, 3.05) is 0 Å². The van der Waals surface area contributed by atoms with E-state index in [1.165, 1.54) is 0 Å². The van der Waals surface area contributed by atoms with Gasteiger partial charge in [-0.25, -0.2) is 0 Å². The van der Waals surface area contributed by atoms with Crippen LogP contribution in [0.2, 0.25) is 5.02 Å². The molecule has 0 aliphatic heterocycles. The van der Waals surface area contributed by atoms with Crippen LogP contribution in [0, 0.1) is 11.3 Å². The second-order valence-electron chi connectivity index (χ2n) is 3.14. The van der Waals surface area contributed by atoms with Gasteiger partial charge in [-0.15, -0.1) is 0 Å². The summed E-state index contributed by atoms with van der Waals surface area (Å²) in [6.07, 6.45) is 0.263. The molecule has 0 saturated heterocycles. The van der Waals surface area contributed by atoms with Crippen molar-refractivity contribution in [2.45, 2.75) is 18.8 Å². The number of nitrogens with zero attached hydrogens (tertiary/aromatic N) is 1. The molecule has 0 amide bonds. The number of carboxylic acid groups (broad SMARTS) is 1. The summed E-state index contributed by atoms with van der Waals surface area (Å²) in [5.74, 6) is -1.35. The zero-order chi connectivity index (χ0) is 11.3. The molecular formula is C11H10ClNO2. The van der Waals surface area contributed by atoms with Gasteiger partial charge in [0.15, 0.2) is 0 Å². The van der Waals surface area contributed by atoms with Gasteiger partial charge >= 0.3 is 5.97 Å². The molecule has 0 spiro atoms. The van der Waals surface area contributed by atoms with Gasteiger partial charge in [0.25, 0.3) is 0 Å². The Bertz CT molecular complexity index is 398. The molecule has 0 saturated carbocycles. The van der Waals surface area contributed by atoms with Crippen LogP contribution in [-0.2, 0) is 4.79 Å². The zero-order valence-corrected chi connectivity index (χ0v) is 8.74. The highest BCUT2D eigenvalue weighted by molar-refractivity contribution is 6.31. The standard InChI is InChI=1S/C11H10ClNO2/c12-10-4-2-1-3-9(10)8(7-13)5-6-11(14)15/h1-4,8H,5-6H2,(H,14,15)/t8-/m1/s1. The van der Waals surface area contributed by atoms with Crippen LogP contribution >= 0.6 is 11.6 Å². The first-order valence-electron chi connectivity index (χ1n) is 4.51. The van der Waals surface area contributed by atoms with E-state index in [9.17, 15) is 4.79 Å². The minimum atomic E-state index is -0.901. The molecule has 0 aliphatic carbocycles. The molecule has 0 bridgehead atoms. The number of hydrogen-bond acceptors (Lipinski definition) is 2. The predicted octanol–water partition coefficient (Wildman–Crippen LogP) is 2.81. The van der Waals surface area contributed by atoms with E-state index < -0.39 is 11.9 Å². The fraction of sp³-hybridized carbons (Fsp3) is 0.273. The molecule has 1 aromatic carbocycles. The first kappa shape index (κ1) is 11.5. The zero-order valence-electron chi connectivity index (χ0n) is 7.98. The maximum Gasteiger partial charge on any atom is 0.303 e. The fourth-order valence-corrected chi connectivity index (χ4v) is 1.58. The van der Waals surface area contributed by atoms with Gasteiger partial charge in [0.1, 0.15) is 0 Å². The molecule has 0 aromatic heterocycles. The Kier molecular flexibility index (Phi) is 4.14. The summed E-state index contributed by atoms with van der Waals surface area (Å²) in [6, 6.07) is 9.07. The summed E-state index contributed by atoms with van der Waals surface area (Å²) in [5, 5.41) is 18.0. The molecule has 1 N–H and O–H groups in total. The molecule has 0 aliphatic rings. The van der Waals surface area contributed by atoms with Crippen molar-refractivity contribution < 1.29 is 9.90 Å². The maximum atomic E-state index is 10.4. The van der Waals surface area contributed by atoms with Gasteiger partial charge in [0, 0.05) is 11.4 Å². The van der Waals surface area contributed by atoms with Crippen LogP contribution in [-0.4, -0.2) is 11.1 Å². The Morgan fingerprint density at radius 1 is 1.53 bits per heavy atom. The Morgan fingerprint density at radius 2 is 2.20 bits per heavy atom. The first-order chi connectivity index (χ1) is 7.15. The van der Waals surface area contributed by atoms with Gasteiger partial charge in [0.2, 0.25) is 0 Å². The molecule has 15 heavy (non-hydrogen) atoms. The van der Waals surface area contributed by atoms with E-state index in [0.29, 0.717) is 10.6 Å². The number of halogens is 1. The molecule has 1 aromatic rings. The van der Waals surface area contributed by atoms with Crippen LogP contribution in [0.4, 0.5) is 0 Å². The highest BCUT2D eigenvalue weighted by atomic mass is 35.5. The first-order valence-corrected chi connectivity index (χ1v) is 4.88. The van der Waals surface area contributed by atoms with E-state index in [4.69, 9.17) is 22.0 Å². The van der Waals surface area contributed by atoms with E-state index in [1.807, 2.05) is 0 Å². The van der Waals surface area contributed by atoms with Crippen molar-refractivity contribution >= 4 is 17.6 Å². The number of hydrogen-bond donors (Lipinski definition) is 1. The highest BCUT2D eigenvalue weighted by Gasteiger charge is 2.14. The van der Waals surface area contributed by atoms with Crippen LogP contribution in [0.5, 0.6) is 0 Å². The van der Waals surface area contributed by atoms with Crippen molar-refractivity contribution in [3.8, 4) is 6.07 Å². The predicted molar refractivity (Wildman–Crippen MR) is 56.7 cm³/mol. The van der Waals surface area contributed by atoms with E-state index in [1.54, 1.807) is 24.3 Å². The number of nitriles is 1. The second-order valence-corrected chi connectivity index (χ2v) is 3.54.